The lowest BCUT2D eigenvalue weighted by Crippen LogP contribution is -2.52. The molecule has 1 amide bonds. The number of hydrogen-bond acceptors (Lipinski definition) is 3. The van der Waals surface area contributed by atoms with E-state index >= 15 is 0 Å². The van der Waals surface area contributed by atoms with Gasteiger partial charge in [0.1, 0.15) is 0 Å². The number of nitrogens with one attached hydrogen (secondary N) is 2. The Morgan fingerprint density at radius 2 is 2.07 bits per heavy atom. The minimum Gasteiger partial charge on any atom is -0.353 e. The van der Waals surface area contributed by atoms with E-state index in [1.807, 2.05) is 0 Å². The highest BCUT2D eigenvalue weighted by atomic mass is 16.2. The lowest BCUT2D eigenvalue weighted by molar-refractivity contribution is -0.127. The molecule has 0 aromatic rings. The van der Waals surface area contributed by atoms with Crippen LogP contribution < -0.4 is 10.6 Å². The Morgan fingerprint density at radius 1 is 1.27 bits per heavy atom. The van der Waals surface area contributed by atoms with Crippen molar-refractivity contribution in [2.24, 2.45) is 5.41 Å². The van der Waals surface area contributed by atoms with Gasteiger partial charge in [0.2, 0.25) is 5.91 Å². The molecule has 0 aliphatic carbocycles. The van der Waals surface area contributed by atoms with Gasteiger partial charge in [-0.05, 0) is 37.8 Å². The Hall–Kier alpha value is -0.610. The van der Waals surface area contributed by atoms with Crippen molar-refractivity contribution in [2.45, 2.75) is 25.3 Å². The average Bonchev–Trinajstić information content (AvgIpc) is 2.59. The predicted octanol–water partition coefficient (Wildman–Crippen LogP) is -0.440. The van der Waals surface area contributed by atoms with Crippen molar-refractivity contribution in [3.63, 3.8) is 0 Å². The van der Waals surface area contributed by atoms with Crippen LogP contribution >= 0.6 is 0 Å². The van der Waals surface area contributed by atoms with Crippen molar-refractivity contribution in [3.05, 3.63) is 0 Å². The Morgan fingerprint density at radius 3 is 2.80 bits per heavy atom. The molecule has 3 rings (SSSR count). The molecule has 3 saturated heterocycles. The summed E-state index contributed by atoms with van der Waals surface area (Å²) < 4.78 is 0. The summed E-state index contributed by atoms with van der Waals surface area (Å²) in [6.07, 6.45) is 3.57. The summed E-state index contributed by atoms with van der Waals surface area (Å²) >= 11 is 0. The largest absolute Gasteiger partial charge is 0.353 e. The van der Waals surface area contributed by atoms with Gasteiger partial charge < -0.3 is 10.6 Å². The van der Waals surface area contributed by atoms with Gasteiger partial charge in [0.25, 0.3) is 0 Å². The molecule has 15 heavy (non-hydrogen) atoms. The summed E-state index contributed by atoms with van der Waals surface area (Å²) in [4.78, 5) is 14.1. The fraction of sp³-hybridized carbons (Fsp3) is 0.909. The van der Waals surface area contributed by atoms with Crippen LogP contribution in [0.3, 0.4) is 0 Å². The summed E-state index contributed by atoms with van der Waals surface area (Å²) in [6, 6.07) is 0.178. The molecule has 1 atom stereocenters. The fourth-order valence-electron chi connectivity index (χ4n) is 3.40. The van der Waals surface area contributed by atoms with Crippen molar-refractivity contribution in [1.29, 1.82) is 0 Å². The minimum absolute atomic E-state index is 0.178. The maximum Gasteiger partial charge on any atom is 0.237 e. The van der Waals surface area contributed by atoms with E-state index in [1.165, 1.54) is 12.8 Å². The van der Waals surface area contributed by atoms with Gasteiger partial charge >= 0.3 is 0 Å². The standard InChI is InChI=1S/C11H19N3O/c15-10-9-7-11(1-3-12-4-2-11)8-14(9)6-5-13-10/h9,12H,1-8H2,(H,13,15). The number of nitrogens with zero attached hydrogens (tertiary/aromatic N) is 1. The zero-order valence-corrected chi connectivity index (χ0v) is 9.09. The number of rotatable bonds is 0. The number of carbonyl (C=O) groups is 1. The van der Waals surface area contributed by atoms with E-state index in [-0.39, 0.29) is 11.9 Å². The van der Waals surface area contributed by atoms with Gasteiger partial charge in [-0.25, -0.2) is 0 Å². The number of piperidine rings is 1. The number of carbonyl (C=O) groups excluding carboxylic acids is 1. The first-order valence-corrected chi connectivity index (χ1v) is 6.02. The number of piperazine rings is 1. The molecular weight excluding hydrogens is 190 g/mol. The molecule has 3 fully saturated rings. The summed E-state index contributed by atoms with van der Waals surface area (Å²) in [6.45, 7) is 5.28. The van der Waals surface area contributed by atoms with E-state index in [4.69, 9.17) is 0 Å². The zero-order valence-electron chi connectivity index (χ0n) is 9.09. The smallest absolute Gasteiger partial charge is 0.237 e. The molecule has 1 unspecified atom stereocenters. The van der Waals surface area contributed by atoms with Gasteiger partial charge in [0.05, 0.1) is 6.04 Å². The number of fused-ring (bicyclic) bond motifs is 1. The first-order valence-electron chi connectivity index (χ1n) is 6.02. The highest BCUT2D eigenvalue weighted by Gasteiger charge is 2.47. The summed E-state index contributed by atoms with van der Waals surface area (Å²) in [5.41, 5.74) is 0.442. The minimum atomic E-state index is 0.178. The van der Waals surface area contributed by atoms with Crippen LogP contribution in [0.15, 0.2) is 0 Å². The van der Waals surface area contributed by atoms with Crippen LogP contribution in [-0.2, 0) is 4.79 Å². The molecule has 1 spiro atoms. The van der Waals surface area contributed by atoms with Gasteiger partial charge in [0.15, 0.2) is 0 Å². The normalized spacial score (nSPS) is 35.2. The second-order valence-corrected chi connectivity index (χ2v) is 5.23. The third-order valence-corrected chi connectivity index (χ3v) is 4.27. The van der Waals surface area contributed by atoms with Crippen molar-refractivity contribution in [3.8, 4) is 0 Å². The fourth-order valence-corrected chi connectivity index (χ4v) is 3.40. The van der Waals surface area contributed by atoms with E-state index in [0.717, 1.165) is 39.1 Å². The van der Waals surface area contributed by atoms with Gasteiger partial charge in [0, 0.05) is 19.6 Å². The van der Waals surface area contributed by atoms with Crippen LogP contribution in [0.4, 0.5) is 0 Å². The van der Waals surface area contributed by atoms with Crippen LogP contribution in [0.5, 0.6) is 0 Å². The Balaban J connectivity index is 1.77. The summed E-state index contributed by atoms with van der Waals surface area (Å²) in [5.74, 6) is 0.261. The van der Waals surface area contributed by atoms with Crippen molar-refractivity contribution in [2.75, 3.05) is 32.7 Å². The first-order chi connectivity index (χ1) is 7.29. The molecule has 0 aromatic heterocycles. The molecular formula is C11H19N3O. The maximum absolute atomic E-state index is 11.7. The SMILES string of the molecule is O=C1NCCN2CC3(CCNCC3)CC12. The maximum atomic E-state index is 11.7. The van der Waals surface area contributed by atoms with Gasteiger partial charge in [-0.1, -0.05) is 0 Å². The first kappa shape index (κ1) is 9.60. The molecule has 4 heteroatoms. The van der Waals surface area contributed by atoms with Crippen LogP contribution in [0.25, 0.3) is 0 Å². The van der Waals surface area contributed by atoms with Crippen LogP contribution in [0.1, 0.15) is 19.3 Å². The second kappa shape index (κ2) is 3.46. The Kier molecular flexibility index (Phi) is 2.21. The predicted molar refractivity (Wildman–Crippen MR) is 57.5 cm³/mol. The molecule has 3 heterocycles. The van der Waals surface area contributed by atoms with Crippen molar-refractivity contribution >= 4 is 5.91 Å². The van der Waals surface area contributed by atoms with E-state index in [9.17, 15) is 4.79 Å². The van der Waals surface area contributed by atoms with Crippen molar-refractivity contribution in [1.82, 2.24) is 15.5 Å². The highest BCUT2D eigenvalue weighted by Crippen LogP contribution is 2.42. The monoisotopic (exact) mass is 209 g/mol. The van der Waals surface area contributed by atoms with E-state index in [0.29, 0.717) is 5.41 Å². The summed E-state index contributed by atoms with van der Waals surface area (Å²) in [5, 5.41) is 6.39. The summed E-state index contributed by atoms with van der Waals surface area (Å²) in [7, 11) is 0. The van der Waals surface area contributed by atoms with Crippen LogP contribution in [0.2, 0.25) is 0 Å². The topological polar surface area (TPSA) is 44.4 Å². The third kappa shape index (κ3) is 1.56. The van der Waals surface area contributed by atoms with Gasteiger partial charge in [-0.2, -0.15) is 0 Å². The molecule has 0 radical (unpaired) electrons. The molecule has 0 aromatic carbocycles. The number of hydrogen-bond donors (Lipinski definition) is 2. The van der Waals surface area contributed by atoms with Crippen molar-refractivity contribution < 1.29 is 4.79 Å². The highest BCUT2D eigenvalue weighted by molar-refractivity contribution is 5.83. The van der Waals surface area contributed by atoms with Gasteiger partial charge in [-0.3, -0.25) is 9.69 Å². The van der Waals surface area contributed by atoms with Crippen LogP contribution in [-0.4, -0.2) is 49.6 Å². The molecule has 0 saturated carbocycles. The number of amides is 1. The Bertz CT molecular complexity index is 273. The van der Waals surface area contributed by atoms with Crippen LogP contribution in [0, 0.1) is 5.41 Å². The molecule has 4 nitrogen and oxygen atoms in total. The second-order valence-electron chi connectivity index (χ2n) is 5.23. The lowest BCUT2D eigenvalue weighted by atomic mass is 9.77. The van der Waals surface area contributed by atoms with E-state index in [2.05, 4.69) is 15.5 Å². The van der Waals surface area contributed by atoms with E-state index < -0.39 is 0 Å². The zero-order chi connectivity index (χ0) is 10.3. The average molecular weight is 209 g/mol. The molecule has 3 aliphatic heterocycles. The molecule has 84 valence electrons. The molecule has 3 aliphatic rings. The molecule has 2 N–H and O–H groups in total. The Labute approximate surface area is 90.4 Å². The third-order valence-electron chi connectivity index (χ3n) is 4.27. The van der Waals surface area contributed by atoms with E-state index in [1.54, 1.807) is 0 Å². The quantitative estimate of drug-likeness (QED) is 0.568. The lowest BCUT2D eigenvalue weighted by Gasteiger charge is -2.33. The van der Waals surface area contributed by atoms with Gasteiger partial charge in [-0.15, -0.1) is 0 Å². The molecule has 0 bridgehead atoms.